The molecule has 0 saturated heterocycles. The van der Waals surface area contributed by atoms with Crippen LogP contribution in [0, 0.1) is 0 Å². The lowest BCUT2D eigenvalue weighted by Gasteiger charge is -2.05. The highest BCUT2D eigenvalue weighted by Gasteiger charge is 2.01. The van der Waals surface area contributed by atoms with Gasteiger partial charge in [-0.1, -0.05) is 0 Å². The van der Waals surface area contributed by atoms with Gasteiger partial charge in [0, 0.05) is 0 Å². The number of hydrogen-bond acceptors (Lipinski definition) is 4. The van der Waals surface area contributed by atoms with Gasteiger partial charge >= 0.3 is 0 Å². The third-order valence-electron chi connectivity index (χ3n) is 0.765. The summed E-state index contributed by atoms with van der Waals surface area (Å²) in [6.07, 6.45) is -0.931. The van der Waals surface area contributed by atoms with Gasteiger partial charge in [-0.25, -0.2) is 0 Å². The van der Waals surface area contributed by atoms with Crippen LogP contribution in [0.3, 0.4) is 0 Å². The highest BCUT2D eigenvalue weighted by molar-refractivity contribution is 5.74. The van der Waals surface area contributed by atoms with Gasteiger partial charge in [-0.15, -0.1) is 0 Å². The van der Waals surface area contributed by atoms with Gasteiger partial charge < -0.3 is 20.7 Å². The zero-order chi connectivity index (χ0) is 7.98. The van der Waals surface area contributed by atoms with E-state index in [-0.39, 0.29) is 19.8 Å². The molecular weight excluding hydrogens is 138 g/mol. The monoisotopic (exact) mass is 149 g/mol. The van der Waals surface area contributed by atoms with E-state index in [1.807, 2.05) is 0 Å². The maximum atomic E-state index is 10.0. The fourth-order valence-electron chi connectivity index (χ4n) is 0.348. The molecule has 5 heteroatoms. The molecule has 0 rings (SSSR count). The fraction of sp³-hybridized carbons (Fsp3) is 0.800. The van der Waals surface area contributed by atoms with Crippen molar-refractivity contribution in [2.75, 3.05) is 19.8 Å². The first-order valence-corrected chi connectivity index (χ1v) is 2.81. The largest absolute Gasteiger partial charge is 0.394 e. The van der Waals surface area contributed by atoms with E-state index in [0.29, 0.717) is 0 Å². The first-order chi connectivity index (χ1) is 4.66. The molecule has 10 heavy (non-hydrogen) atoms. The Morgan fingerprint density at radius 1 is 1.70 bits per heavy atom. The Bertz CT molecular complexity index is 106. The number of amides is 1. The standard InChI is InChI=1S/C5H11NO4/c6-5(9)3-10-2-4(8)1-7/h4,7-8H,1-3H2,(H2,6,9). The van der Waals surface area contributed by atoms with Crippen LogP contribution < -0.4 is 5.73 Å². The van der Waals surface area contributed by atoms with E-state index in [1.165, 1.54) is 0 Å². The minimum Gasteiger partial charge on any atom is -0.394 e. The molecule has 0 aliphatic carbocycles. The molecule has 0 spiro atoms. The van der Waals surface area contributed by atoms with Crippen LogP contribution >= 0.6 is 0 Å². The molecule has 0 heterocycles. The lowest BCUT2D eigenvalue weighted by Crippen LogP contribution is -2.24. The van der Waals surface area contributed by atoms with E-state index in [2.05, 4.69) is 4.74 Å². The van der Waals surface area contributed by atoms with Crippen molar-refractivity contribution in [3.8, 4) is 0 Å². The second-order valence-corrected chi connectivity index (χ2v) is 1.82. The Kier molecular flexibility index (Phi) is 4.82. The van der Waals surface area contributed by atoms with Crippen LogP contribution in [0.2, 0.25) is 0 Å². The van der Waals surface area contributed by atoms with E-state index in [1.54, 1.807) is 0 Å². The molecule has 1 unspecified atom stereocenters. The minimum absolute atomic E-state index is 0.0700. The first-order valence-electron chi connectivity index (χ1n) is 2.81. The Labute approximate surface area is 58.4 Å². The number of aliphatic hydroxyl groups excluding tert-OH is 2. The second-order valence-electron chi connectivity index (χ2n) is 1.82. The zero-order valence-corrected chi connectivity index (χ0v) is 5.49. The summed E-state index contributed by atoms with van der Waals surface area (Å²) in [5.74, 6) is -0.592. The SMILES string of the molecule is NC(=O)COCC(O)CO. The van der Waals surface area contributed by atoms with Crippen LogP contribution in [-0.4, -0.2) is 42.0 Å². The van der Waals surface area contributed by atoms with Crippen LogP contribution in [0.15, 0.2) is 0 Å². The molecule has 60 valence electrons. The molecule has 1 atom stereocenters. The molecule has 0 aromatic carbocycles. The summed E-state index contributed by atoms with van der Waals surface area (Å²) in [5.41, 5.74) is 4.71. The summed E-state index contributed by atoms with van der Waals surface area (Å²) in [4.78, 5) is 10.0. The third-order valence-corrected chi connectivity index (χ3v) is 0.765. The zero-order valence-electron chi connectivity index (χ0n) is 5.49. The average Bonchev–Trinajstić information content (AvgIpc) is 1.87. The lowest BCUT2D eigenvalue weighted by molar-refractivity contribution is -0.123. The van der Waals surface area contributed by atoms with E-state index >= 15 is 0 Å². The summed E-state index contributed by atoms with van der Waals surface area (Å²) in [6.45, 7) is -0.671. The van der Waals surface area contributed by atoms with Gasteiger partial charge in [0.1, 0.15) is 12.7 Å². The summed E-state index contributed by atoms with van der Waals surface area (Å²) < 4.78 is 4.56. The van der Waals surface area contributed by atoms with Gasteiger partial charge in [-0.3, -0.25) is 4.79 Å². The molecule has 0 aromatic rings. The Morgan fingerprint density at radius 3 is 2.70 bits per heavy atom. The van der Waals surface area contributed by atoms with E-state index < -0.39 is 12.0 Å². The number of nitrogens with two attached hydrogens (primary N) is 1. The molecular formula is C5H11NO4. The molecule has 0 aromatic heterocycles. The van der Waals surface area contributed by atoms with Gasteiger partial charge in [-0.2, -0.15) is 0 Å². The fourth-order valence-corrected chi connectivity index (χ4v) is 0.348. The maximum absolute atomic E-state index is 10.0. The van der Waals surface area contributed by atoms with Crippen molar-refractivity contribution >= 4 is 5.91 Å². The van der Waals surface area contributed by atoms with Gasteiger partial charge in [0.05, 0.1) is 13.2 Å². The first kappa shape index (κ1) is 9.35. The van der Waals surface area contributed by atoms with Crippen molar-refractivity contribution in [2.45, 2.75) is 6.10 Å². The van der Waals surface area contributed by atoms with E-state index in [9.17, 15) is 4.79 Å². The van der Waals surface area contributed by atoms with Crippen LogP contribution in [0.4, 0.5) is 0 Å². The molecule has 5 nitrogen and oxygen atoms in total. The van der Waals surface area contributed by atoms with Gasteiger partial charge in [0.2, 0.25) is 5.91 Å². The molecule has 0 bridgehead atoms. The Hall–Kier alpha value is -0.650. The van der Waals surface area contributed by atoms with Crippen molar-refractivity contribution in [3.05, 3.63) is 0 Å². The number of aliphatic hydroxyl groups is 2. The summed E-state index contributed by atoms with van der Waals surface area (Å²) in [5, 5.41) is 16.9. The normalized spacial score (nSPS) is 13.0. The highest BCUT2D eigenvalue weighted by atomic mass is 16.5. The van der Waals surface area contributed by atoms with Gasteiger partial charge in [-0.05, 0) is 0 Å². The quantitative estimate of drug-likeness (QED) is 0.415. The molecule has 0 fully saturated rings. The number of rotatable bonds is 5. The van der Waals surface area contributed by atoms with Gasteiger partial charge in [0.15, 0.2) is 0 Å². The Morgan fingerprint density at radius 2 is 2.30 bits per heavy atom. The van der Waals surface area contributed by atoms with E-state index in [4.69, 9.17) is 15.9 Å². The third kappa shape index (κ3) is 5.49. The second kappa shape index (κ2) is 5.16. The smallest absolute Gasteiger partial charge is 0.243 e. The maximum Gasteiger partial charge on any atom is 0.243 e. The van der Waals surface area contributed by atoms with Crippen LogP contribution in [0.5, 0.6) is 0 Å². The van der Waals surface area contributed by atoms with Gasteiger partial charge in [0.25, 0.3) is 0 Å². The van der Waals surface area contributed by atoms with Crippen molar-refractivity contribution in [1.82, 2.24) is 0 Å². The van der Waals surface area contributed by atoms with Crippen molar-refractivity contribution < 1.29 is 19.7 Å². The molecule has 4 N–H and O–H groups in total. The van der Waals surface area contributed by atoms with Crippen LogP contribution in [0.25, 0.3) is 0 Å². The number of carbonyl (C=O) groups is 1. The number of primary amides is 1. The lowest BCUT2D eigenvalue weighted by atomic mass is 10.4. The van der Waals surface area contributed by atoms with Crippen LogP contribution in [0.1, 0.15) is 0 Å². The summed E-state index contributed by atoms with van der Waals surface area (Å²) >= 11 is 0. The van der Waals surface area contributed by atoms with E-state index in [0.717, 1.165) is 0 Å². The highest BCUT2D eigenvalue weighted by Crippen LogP contribution is 1.81. The van der Waals surface area contributed by atoms with Crippen molar-refractivity contribution in [1.29, 1.82) is 0 Å². The molecule has 0 saturated carbocycles. The predicted octanol–water partition coefficient (Wildman–Crippen LogP) is -2.16. The average molecular weight is 149 g/mol. The topological polar surface area (TPSA) is 92.8 Å². The molecule has 0 aliphatic rings. The predicted molar refractivity (Wildman–Crippen MR) is 33.1 cm³/mol. The van der Waals surface area contributed by atoms with Crippen LogP contribution in [-0.2, 0) is 9.53 Å². The molecule has 0 aliphatic heterocycles. The molecule has 0 radical (unpaired) electrons. The number of ether oxygens (including phenoxy) is 1. The Balaban J connectivity index is 3.11. The minimum atomic E-state index is -0.931. The summed E-state index contributed by atoms with van der Waals surface area (Å²) in [7, 11) is 0. The van der Waals surface area contributed by atoms with Crippen molar-refractivity contribution in [2.24, 2.45) is 5.73 Å². The van der Waals surface area contributed by atoms with Crippen molar-refractivity contribution in [3.63, 3.8) is 0 Å². The summed E-state index contributed by atoms with van der Waals surface area (Å²) in [6, 6.07) is 0. The molecule has 1 amide bonds. The number of carbonyl (C=O) groups excluding carboxylic acids is 1. The number of hydrogen-bond donors (Lipinski definition) is 3.